The number of hydrogen-bond acceptors (Lipinski definition) is 6. The molecule has 186 valence electrons. The Labute approximate surface area is 215 Å². The number of ether oxygens (including phenoxy) is 1. The predicted molar refractivity (Wildman–Crippen MR) is 145 cm³/mol. The van der Waals surface area contributed by atoms with Crippen LogP contribution in [0, 0.1) is 0 Å². The summed E-state index contributed by atoms with van der Waals surface area (Å²) in [5.74, 6) is -0.522. The fourth-order valence-corrected chi connectivity index (χ4v) is 5.17. The zero-order valence-electron chi connectivity index (χ0n) is 20.7. The van der Waals surface area contributed by atoms with Crippen LogP contribution in [0.15, 0.2) is 71.7 Å². The Morgan fingerprint density at radius 2 is 1.72 bits per heavy atom. The Morgan fingerprint density at radius 1 is 1.06 bits per heavy atom. The molecule has 3 aromatic rings. The van der Waals surface area contributed by atoms with Gasteiger partial charge in [-0.05, 0) is 62.1 Å². The Morgan fingerprint density at radius 3 is 2.39 bits per heavy atom. The third-order valence-electron chi connectivity index (χ3n) is 5.95. The SMILES string of the molecule is CC(C)(C)OC(=O)[C@H]1CCCN1C(=O)C(SC=Nc1cc2ccccc2cc1C=O)c1ccccc1. The van der Waals surface area contributed by atoms with Crippen molar-refractivity contribution in [2.45, 2.75) is 50.5 Å². The van der Waals surface area contributed by atoms with Crippen LogP contribution < -0.4 is 0 Å². The first-order valence-corrected chi connectivity index (χ1v) is 13.0. The quantitative estimate of drug-likeness (QED) is 0.168. The van der Waals surface area contributed by atoms with Crippen molar-refractivity contribution in [3.8, 4) is 0 Å². The molecule has 36 heavy (non-hydrogen) atoms. The highest BCUT2D eigenvalue weighted by Gasteiger charge is 2.39. The summed E-state index contributed by atoms with van der Waals surface area (Å²) in [6, 6.07) is 20.3. The molecule has 1 fully saturated rings. The monoisotopic (exact) mass is 502 g/mol. The summed E-state index contributed by atoms with van der Waals surface area (Å²) in [5, 5.41) is 1.36. The lowest BCUT2D eigenvalue weighted by Gasteiger charge is -2.29. The van der Waals surface area contributed by atoms with E-state index in [1.807, 2.05) is 87.5 Å². The van der Waals surface area contributed by atoms with Crippen LogP contribution in [0.2, 0.25) is 0 Å². The molecule has 1 unspecified atom stereocenters. The van der Waals surface area contributed by atoms with Crippen LogP contribution in [-0.2, 0) is 14.3 Å². The number of amides is 1. The minimum Gasteiger partial charge on any atom is -0.458 e. The van der Waals surface area contributed by atoms with Gasteiger partial charge in [-0.25, -0.2) is 9.79 Å². The number of carbonyl (C=O) groups excluding carboxylic acids is 3. The Bertz CT molecular complexity index is 1280. The third kappa shape index (κ3) is 6.02. The molecule has 1 heterocycles. The summed E-state index contributed by atoms with van der Waals surface area (Å²) in [6.45, 7) is 5.98. The average molecular weight is 503 g/mol. The number of nitrogens with zero attached hydrogens (tertiary/aromatic N) is 2. The molecule has 0 aromatic heterocycles. The van der Waals surface area contributed by atoms with Gasteiger partial charge in [-0.3, -0.25) is 9.59 Å². The van der Waals surface area contributed by atoms with Crippen LogP contribution in [0.1, 0.15) is 54.8 Å². The molecular formula is C29H30N2O4S. The number of thioether (sulfide) groups is 1. The van der Waals surface area contributed by atoms with Crippen molar-refractivity contribution in [3.63, 3.8) is 0 Å². The number of likely N-dealkylation sites (tertiary alicyclic amines) is 1. The molecule has 6 nitrogen and oxygen atoms in total. The molecule has 1 saturated heterocycles. The van der Waals surface area contributed by atoms with Crippen molar-refractivity contribution in [2.24, 2.45) is 4.99 Å². The van der Waals surface area contributed by atoms with Gasteiger partial charge >= 0.3 is 5.97 Å². The zero-order valence-corrected chi connectivity index (χ0v) is 21.5. The van der Waals surface area contributed by atoms with Crippen LogP contribution >= 0.6 is 11.8 Å². The highest BCUT2D eigenvalue weighted by Crippen LogP contribution is 2.34. The first-order chi connectivity index (χ1) is 17.3. The van der Waals surface area contributed by atoms with Crippen molar-refractivity contribution in [1.29, 1.82) is 0 Å². The number of esters is 1. The predicted octanol–water partition coefficient (Wildman–Crippen LogP) is 6.12. The molecule has 1 aliphatic heterocycles. The van der Waals surface area contributed by atoms with E-state index in [1.165, 1.54) is 11.8 Å². The molecule has 1 aliphatic rings. The first-order valence-electron chi connectivity index (χ1n) is 12.0. The number of carbonyl (C=O) groups is 3. The molecule has 3 aromatic carbocycles. The fourth-order valence-electron chi connectivity index (χ4n) is 4.30. The minimum atomic E-state index is -0.620. The summed E-state index contributed by atoms with van der Waals surface area (Å²) in [7, 11) is 0. The van der Waals surface area contributed by atoms with E-state index in [1.54, 1.807) is 10.4 Å². The number of aldehydes is 1. The van der Waals surface area contributed by atoms with Crippen molar-refractivity contribution in [1.82, 2.24) is 4.90 Å². The Kier molecular flexibility index (Phi) is 7.89. The van der Waals surface area contributed by atoms with Crippen molar-refractivity contribution >= 4 is 51.9 Å². The molecule has 0 radical (unpaired) electrons. The van der Waals surface area contributed by atoms with Gasteiger partial charge < -0.3 is 9.64 Å². The van der Waals surface area contributed by atoms with Crippen LogP contribution in [-0.4, -0.2) is 46.8 Å². The van der Waals surface area contributed by atoms with Gasteiger partial charge in [0.1, 0.15) is 16.9 Å². The van der Waals surface area contributed by atoms with E-state index >= 15 is 0 Å². The molecule has 1 amide bonds. The summed E-state index contributed by atoms with van der Waals surface area (Å²) < 4.78 is 5.59. The molecule has 0 aliphatic carbocycles. The molecule has 0 N–H and O–H groups in total. The minimum absolute atomic E-state index is 0.153. The number of benzene rings is 3. The summed E-state index contributed by atoms with van der Waals surface area (Å²) >= 11 is 1.26. The molecule has 2 atom stereocenters. The maximum atomic E-state index is 13.7. The fraction of sp³-hybridized carbons (Fsp3) is 0.310. The van der Waals surface area contributed by atoms with Gasteiger partial charge in [-0.1, -0.05) is 66.4 Å². The smallest absolute Gasteiger partial charge is 0.329 e. The summed E-state index contributed by atoms with van der Waals surface area (Å²) in [4.78, 5) is 44.4. The van der Waals surface area contributed by atoms with E-state index in [4.69, 9.17) is 4.74 Å². The van der Waals surface area contributed by atoms with Crippen molar-refractivity contribution in [2.75, 3.05) is 6.54 Å². The van der Waals surface area contributed by atoms with Crippen molar-refractivity contribution in [3.05, 3.63) is 77.9 Å². The second-order valence-electron chi connectivity index (χ2n) is 9.76. The molecule has 4 rings (SSSR count). The van der Waals surface area contributed by atoms with E-state index in [9.17, 15) is 14.4 Å². The van der Waals surface area contributed by atoms with Gasteiger partial charge in [0.05, 0.1) is 11.2 Å². The third-order valence-corrected chi connectivity index (χ3v) is 6.93. The van der Waals surface area contributed by atoms with E-state index in [-0.39, 0.29) is 11.9 Å². The first kappa shape index (κ1) is 25.6. The molecule has 0 spiro atoms. The van der Waals surface area contributed by atoms with E-state index < -0.39 is 16.9 Å². The summed E-state index contributed by atoms with van der Waals surface area (Å²) in [6.07, 6.45) is 2.12. The average Bonchev–Trinajstić information content (AvgIpc) is 3.36. The lowest BCUT2D eigenvalue weighted by Crippen LogP contribution is -2.45. The topological polar surface area (TPSA) is 76.0 Å². The molecule has 7 heteroatoms. The van der Waals surface area contributed by atoms with Crippen molar-refractivity contribution < 1.29 is 19.1 Å². The number of aliphatic imine (C=N–C) groups is 1. The highest BCUT2D eigenvalue weighted by atomic mass is 32.2. The second-order valence-corrected chi connectivity index (χ2v) is 10.7. The van der Waals surface area contributed by atoms with Crippen LogP contribution in [0.25, 0.3) is 10.8 Å². The summed E-state index contributed by atoms with van der Waals surface area (Å²) in [5.41, 5.74) is 2.85. The van der Waals surface area contributed by atoms with Gasteiger partial charge in [0.2, 0.25) is 5.91 Å². The van der Waals surface area contributed by atoms with Gasteiger partial charge in [0.25, 0.3) is 0 Å². The van der Waals surface area contributed by atoms with Crippen LogP contribution in [0.4, 0.5) is 5.69 Å². The van der Waals surface area contributed by atoms with E-state index in [0.29, 0.717) is 24.2 Å². The molecular weight excluding hydrogens is 472 g/mol. The highest BCUT2D eigenvalue weighted by molar-refractivity contribution is 8.12. The Hall–Kier alpha value is -3.45. The van der Waals surface area contributed by atoms with E-state index in [2.05, 4.69) is 4.99 Å². The van der Waals surface area contributed by atoms with E-state index in [0.717, 1.165) is 29.0 Å². The number of rotatable bonds is 7. The molecule has 0 saturated carbocycles. The second kappa shape index (κ2) is 11.1. The zero-order chi connectivity index (χ0) is 25.7. The number of hydrogen-bond donors (Lipinski definition) is 0. The standard InChI is InChI=1S/C29H30N2O4S/c1-29(2,3)35-28(34)25-14-9-15-31(25)27(33)26(20-10-5-4-6-11-20)36-19-30-24-17-22-13-8-7-12-21(22)16-23(24)18-32/h4-8,10-13,16-19,25-26H,9,14-15H2,1-3H3/t25-,26?/m1/s1. The number of fused-ring (bicyclic) bond motifs is 1. The van der Waals surface area contributed by atoms with Crippen LogP contribution in [0.3, 0.4) is 0 Å². The largest absolute Gasteiger partial charge is 0.458 e. The Balaban J connectivity index is 1.59. The van der Waals surface area contributed by atoms with Crippen LogP contribution in [0.5, 0.6) is 0 Å². The van der Waals surface area contributed by atoms with Gasteiger partial charge in [-0.15, -0.1) is 0 Å². The maximum Gasteiger partial charge on any atom is 0.329 e. The van der Waals surface area contributed by atoms with Gasteiger partial charge in [0, 0.05) is 12.1 Å². The van der Waals surface area contributed by atoms with Gasteiger partial charge in [-0.2, -0.15) is 0 Å². The van der Waals surface area contributed by atoms with Gasteiger partial charge in [0.15, 0.2) is 6.29 Å². The lowest BCUT2D eigenvalue weighted by molar-refractivity contribution is -0.163. The maximum absolute atomic E-state index is 13.7. The molecule has 0 bridgehead atoms. The normalized spacial score (nSPS) is 16.9. The lowest BCUT2D eigenvalue weighted by atomic mass is 10.1.